The lowest BCUT2D eigenvalue weighted by atomic mass is 10.5. The zero-order chi connectivity index (χ0) is 6.27. The first-order valence-corrected chi connectivity index (χ1v) is 3.27. The highest BCUT2D eigenvalue weighted by Crippen LogP contribution is 2.25. The van der Waals surface area contributed by atoms with E-state index in [4.69, 9.17) is 8.83 Å². The lowest BCUT2D eigenvalue weighted by Gasteiger charge is -1.71. The van der Waals surface area contributed by atoms with Crippen molar-refractivity contribution < 1.29 is 8.83 Å². The Balaban J connectivity index is 2.99. The fourth-order valence-corrected chi connectivity index (χ4v) is 1.12. The number of furan rings is 2. The second-order valence-electron chi connectivity index (χ2n) is 1.70. The Labute approximate surface area is 59.6 Å². The Morgan fingerprint density at radius 2 is 2.22 bits per heavy atom. The van der Waals surface area contributed by atoms with Gasteiger partial charge in [0.1, 0.15) is 6.26 Å². The van der Waals surface area contributed by atoms with Crippen LogP contribution in [0.15, 0.2) is 31.9 Å². The van der Waals surface area contributed by atoms with Gasteiger partial charge in [0.25, 0.3) is 0 Å². The lowest BCUT2D eigenvalue weighted by molar-refractivity contribution is 0.609. The molecule has 0 aliphatic rings. The zero-order valence-electron chi connectivity index (χ0n) is 4.43. The third-order valence-corrected chi connectivity index (χ3v) is 1.68. The minimum Gasteiger partial charge on any atom is -0.460 e. The topological polar surface area (TPSA) is 26.3 Å². The summed E-state index contributed by atoms with van der Waals surface area (Å²) in [4.78, 5) is 0. The number of halogens is 1. The molecule has 2 aromatic heterocycles. The smallest absolute Gasteiger partial charge is 0.186 e. The summed E-state index contributed by atoms with van der Waals surface area (Å²) in [5.74, 6) is 0. The van der Waals surface area contributed by atoms with Crippen LogP contribution >= 0.6 is 15.9 Å². The molecular formula is C6H3BrO2. The van der Waals surface area contributed by atoms with E-state index in [0.29, 0.717) is 0 Å². The van der Waals surface area contributed by atoms with E-state index < -0.39 is 0 Å². The van der Waals surface area contributed by atoms with Crippen LogP contribution in [0.1, 0.15) is 0 Å². The number of fused-ring (bicyclic) bond motifs is 1. The van der Waals surface area contributed by atoms with Crippen LogP contribution in [0.4, 0.5) is 0 Å². The average Bonchev–Trinajstić information content (AvgIpc) is 2.35. The number of hydrogen-bond donors (Lipinski definition) is 0. The summed E-state index contributed by atoms with van der Waals surface area (Å²) in [6.07, 6.45) is 3.20. The first-order valence-electron chi connectivity index (χ1n) is 2.48. The summed E-state index contributed by atoms with van der Waals surface area (Å²) in [5.41, 5.74) is 1.55. The van der Waals surface area contributed by atoms with Gasteiger partial charge in [-0.2, -0.15) is 0 Å². The van der Waals surface area contributed by atoms with Crippen molar-refractivity contribution in [3.8, 4) is 0 Å². The molecule has 0 unspecified atom stereocenters. The van der Waals surface area contributed by atoms with Crippen LogP contribution in [0.5, 0.6) is 0 Å². The van der Waals surface area contributed by atoms with Gasteiger partial charge in [-0.3, -0.25) is 0 Å². The highest BCUT2D eigenvalue weighted by atomic mass is 79.9. The molecule has 9 heavy (non-hydrogen) atoms. The summed E-state index contributed by atoms with van der Waals surface area (Å²) >= 11 is 3.26. The quantitative estimate of drug-likeness (QED) is 0.633. The van der Waals surface area contributed by atoms with Crippen LogP contribution < -0.4 is 0 Å². The molecule has 2 heterocycles. The van der Waals surface area contributed by atoms with E-state index in [-0.39, 0.29) is 0 Å². The fourth-order valence-electron chi connectivity index (χ4n) is 0.733. The van der Waals surface area contributed by atoms with Gasteiger partial charge in [0.2, 0.25) is 0 Å². The monoisotopic (exact) mass is 186 g/mol. The van der Waals surface area contributed by atoms with Gasteiger partial charge >= 0.3 is 0 Å². The summed E-state index contributed by atoms with van der Waals surface area (Å²) < 4.78 is 11.0. The van der Waals surface area contributed by atoms with Crippen LogP contribution in [0.3, 0.4) is 0 Å². The molecule has 46 valence electrons. The summed E-state index contributed by atoms with van der Waals surface area (Å²) in [7, 11) is 0. The largest absolute Gasteiger partial charge is 0.460 e. The van der Waals surface area contributed by atoms with Crippen molar-refractivity contribution in [2.75, 3.05) is 0 Å². The highest BCUT2D eigenvalue weighted by Gasteiger charge is 2.03. The molecule has 0 saturated heterocycles. The maximum Gasteiger partial charge on any atom is 0.186 e. The summed E-state index contributed by atoms with van der Waals surface area (Å²) in [6, 6.07) is 1.78. The second-order valence-corrected chi connectivity index (χ2v) is 2.55. The van der Waals surface area contributed by atoms with Gasteiger partial charge in [0.05, 0.1) is 10.7 Å². The summed E-state index contributed by atoms with van der Waals surface area (Å²) in [5, 5.41) is 0. The third kappa shape index (κ3) is 0.612. The molecule has 2 rings (SSSR count). The molecule has 0 aliphatic heterocycles. The SMILES string of the molecule is Brc1coc2ccoc12. The predicted molar refractivity (Wildman–Crippen MR) is 36.2 cm³/mol. The standard InChI is InChI=1S/C6H3BrO2/c7-4-3-9-5-1-2-8-6(4)5/h1-3H. The van der Waals surface area contributed by atoms with E-state index in [1.807, 2.05) is 0 Å². The number of rotatable bonds is 0. The van der Waals surface area contributed by atoms with Crippen LogP contribution in [-0.2, 0) is 0 Å². The molecule has 3 heteroatoms. The Morgan fingerprint density at radius 3 is 3.00 bits per heavy atom. The zero-order valence-corrected chi connectivity index (χ0v) is 6.01. The fraction of sp³-hybridized carbons (Fsp3) is 0. The maximum absolute atomic E-state index is 5.05. The number of hydrogen-bond acceptors (Lipinski definition) is 2. The molecular weight excluding hydrogens is 184 g/mol. The predicted octanol–water partition coefficient (Wildman–Crippen LogP) is 2.79. The van der Waals surface area contributed by atoms with Gasteiger partial charge < -0.3 is 8.83 Å². The highest BCUT2D eigenvalue weighted by molar-refractivity contribution is 9.10. The van der Waals surface area contributed by atoms with Crippen LogP contribution in [0.2, 0.25) is 0 Å². The maximum atomic E-state index is 5.05. The summed E-state index contributed by atoms with van der Waals surface area (Å²) in [6.45, 7) is 0. The van der Waals surface area contributed by atoms with Crippen molar-refractivity contribution >= 4 is 27.1 Å². The Kier molecular flexibility index (Phi) is 0.931. The Hall–Kier alpha value is -0.700. The van der Waals surface area contributed by atoms with Crippen LogP contribution in [0, 0.1) is 0 Å². The molecule has 2 nitrogen and oxygen atoms in total. The van der Waals surface area contributed by atoms with Crippen molar-refractivity contribution in [3.05, 3.63) is 23.1 Å². The van der Waals surface area contributed by atoms with Gasteiger partial charge in [-0.05, 0) is 15.9 Å². The van der Waals surface area contributed by atoms with Crippen molar-refractivity contribution in [1.82, 2.24) is 0 Å². The van der Waals surface area contributed by atoms with E-state index >= 15 is 0 Å². The van der Waals surface area contributed by atoms with Crippen molar-refractivity contribution in [1.29, 1.82) is 0 Å². The van der Waals surface area contributed by atoms with Gasteiger partial charge in [-0.25, -0.2) is 0 Å². The minimum atomic E-state index is 0.773. The van der Waals surface area contributed by atoms with Gasteiger partial charge in [-0.1, -0.05) is 0 Å². The molecule has 0 atom stereocenters. The van der Waals surface area contributed by atoms with E-state index in [1.165, 1.54) is 0 Å². The van der Waals surface area contributed by atoms with Crippen LogP contribution in [0.25, 0.3) is 11.2 Å². The minimum absolute atomic E-state index is 0.773. The molecule has 0 amide bonds. The Morgan fingerprint density at radius 1 is 1.33 bits per heavy atom. The molecule has 0 spiro atoms. The van der Waals surface area contributed by atoms with Crippen molar-refractivity contribution in [2.24, 2.45) is 0 Å². The second kappa shape index (κ2) is 1.64. The van der Waals surface area contributed by atoms with E-state index in [2.05, 4.69) is 15.9 Å². The molecule has 0 fully saturated rings. The Bertz CT molecular complexity index is 320. The molecule has 0 bridgehead atoms. The van der Waals surface area contributed by atoms with E-state index in [9.17, 15) is 0 Å². The van der Waals surface area contributed by atoms with Crippen LogP contribution in [-0.4, -0.2) is 0 Å². The third-order valence-electron chi connectivity index (χ3n) is 1.14. The van der Waals surface area contributed by atoms with E-state index in [1.54, 1.807) is 18.6 Å². The average molecular weight is 187 g/mol. The van der Waals surface area contributed by atoms with Crippen molar-refractivity contribution in [2.45, 2.75) is 0 Å². The van der Waals surface area contributed by atoms with Gasteiger partial charge in [0.15, 0.2) is 11.2 Å². The van der Waals surface area contributed by atoms with E-state index in [0.717, 1.165) is 15.6 Å². The lowest BCUT2D eigenvalue weighted by Crippen LogP contribution is -1.46. The molecule has 2 aromatic rings. The van der Waals surface area contributed by atoms with Crippen molar-refractivity contribution in [3.63, 3.8) is 0 Å². The van der Waals surface area contributed by atoms with Gasteiger partial charge in [0, 0.05) is 6.07 Å². The molecule has 0 radical (unpaired) electrons. The molecule has 0 aliphatic carbocycles. The first kappa shape index (κ1) is 5.11. The van der Waals surface area contributed by atoms with Gasteiger partial charge in [-0.15, -0.1) is 0 Å². The normalized spacial score (nSPS) is 10.8. The molecule has 0 saturated carbocycles. The molecule has 0 aromatic carbocycles. The first-order chi connectivity index (χ1) is 4.38. The molecule has 0 N–H and O–H groups in total.